The standard InChI is InChI=1S/C10H11BF2O5/c1-2-17-9(14)10(12,13)7-4-3-5-8(6-7)18-11(15)16/h3-6,15-16H,2H2,1H3/i6D. The summed E-state index contributed by atoms with van der Waals surface area (Å²) in [5, 5.41) is 17.2. The van der Waals surface area contributed by atoms with Crippen molar-refractivity contribution in [3.8, 4) is 5.75 Å². The summed E-state index contributed by atoms with van der Waals surface area (Å²) in [6, 6.07) is 2.22. The fourth-order valence-electron chi connectivity index (χ4n) is 1.14. The molecule has 0 amide bonds. The fraction of sp³-hybridized carbons (Fsp3) is 0.300. The van der Waals surface area contributed by atoms with Gasteiger partial charge in [-0.2, -0.15) is 8.78 Å². The van der Waals surface area contributed by atoms with Crippen LogP contribution in [0.5, 0.6) is 5.75 Å². The molecule has 0 saturated heterocycles. The first-order valence-electron chi connectivity index (χ1n) is 5.48. The third-order valence-electron chi connectivity index (χ3n) is 1.87. The molecule has 1 aromatic rings. The summed E-state index contributed by atoms with van der Waals surface area (Å²) in [6.07, 6.45) is 0. The van der Waals surface area contributed by atoms with Gasteiger partial charge in [0.1, 0.15) is 5.75 Å². The highest BCUT2D eigenvalue weighted by molar-refractivity contribution is 6.33. The van der Waals surface area contributed by atoms with E-state index in [9.17, 15) is 13.6 Å². The van der Waals surface area contributed by atoms with Gasteiger partial charge in [-0.05, 0) is 19.0 Å². The van der Waals surface area contributed by atoms with Crippen LogP contribution >= 0.6 is 0 Å². The van der Waals surface area contributed by atoms with Gasteiger partial charge >= 0.3 is 19.2 Å². The van der Waals surface area contributed by atoms with Crippen molar-refractivity contribution in [3.05, 3.63) is 29.8 Å². The Morgan fingerprint density at radius 2 is 2.22 bits per heavy atom. The van der Waals surface area contributed by atoms with Crippen molar-refractivity contribution < 1.29 is 34.4 Å². The Kier molecular flexibility index (Phi) is 4.11. The molecule has 0 saturated carbocycles. The minimum atomic E-state index is -4.02. The Hall–Kier alpha value is -1.67. The topological polar surface area (TPSA) is 76.0 Å². The second-order valence-corrected chi connectivity index (χ2v) is 3.17. The maximum absolute atomic E-state index is 13.7. The lowest BCUT2D eigenvalue weighted by Crippen LogP contribution is -2.28. The highest BCUT2D eigenvalue weighted by Gasteiger charge is 2.42. The van der Waals surface area contributed by atoms with Gasteiger partial charge in [0, 0.05) is 5.56 Å². The van der Waals surface area contributed by atoms with Crippen LogP contribution in [0.15, 0.2) is 24.2 Å². The molecule has 0 fully saturated rings. The molecule has 0 aromatic heterocycles. The van der Waals surface area contributed by atoms with E-state index in [2.05, 4.69) is 9.39 Å². The first-order chi connectivity index (χ1) is 8.80. The van der Waals surface area contributed by atoms with Crippen molar-refractivity contribution in [3.63, 3.8) is 0 Å². The van der Waals surface area contributed by atoms with Crippen molar-refractivity contribution in [2.75, 3.05) is 6.61 Å². The van der Waals surface area contributed by atoms with Crippen LogP contribution < -0.4 is 4.65 Å². The van der Waals surface area contributed by atoms with E-state index in [-0.39, 0.29) is 6.61 Å². The normalized spacial score (nSPS) is 11.7. The largest absolute Gasteiger partial charge is 0.707 e. The lowest BCUT2D eigenvalue weighted by atomic mass is 10.1. The lowest BCUT2D eigenvalue weighted by Gasteiger charge is -2.15. The maximum Gasteiger partial charge on any atom is 0.707 e. The highest BCUT2D eigenvalue weighted by atomic mass is 19.3. The Balaban J connectivity index is 3.16. The second-order valence-electron chi connectivity index (χ2n) is 3.17. The number of carbonyl (C=O) groups excluding carboxylic acids is 1. The molecule has 2 N–H and O–H groups in total. The molecule has 0 spiro atoms. The van der Waals surface area contributed by atoms with E-state index in [0.717, 1.165) is 18.2 Å². The molecule has 0 aliphatic carbocycles. The van der Waals surface area contributed by atoms with Crippen LogP contribution in [0.1, 0.15) is 13.9 Å². The summed E-state index contributed by atoms with van der Waals surface area (Å²) in [7, 11) is -2.25. The van der Waals surface area contributed by atoms with Gasteiger partial charge in [-0.25, -0.2) is 4.79 Å². The minimum Gasteiger partial charge on any atom is -0.512 e. The summed E-state index contributed by atoms with van der Waals surface area (Å²) >= 11 is 0. The average Bonchev–Trinajstić information content (AvgIpc) is 2.31. The molecule has 0 radical (unpaired) electrons. The smallest absolute Gasteiger partial charge is 0.512 e. The second kappa shape index (κ2) is 5.79. The molecule has 5 nitrogen and oxygen atoms in total. The van der Waals surface area contributed by atoms with Crippen LogP contribution in [0.25, 0.3) is 0 Å². The molecule has 1 aromatic carbocycles. The summed E-state index contributed by atoms with van der Waals surface area (Å²) in [4.78, 5) is 11.2. The van der Waals surface area contributed by atoms with Crippen LogP contribution in [0.3, 0.4) is 0 Å². The van der Waals surface area contributed by atoms with Gasteiger partial charge < -0.3 is 19.4 Å². The van der Waals surface area contributed by atoms with Gasteiger partial charge in [-0.15, -0.1) is 0 Å². The van der Waals surface area contributed by atoms with Crippen LogP contribution in [0.2, 0.25) is 0 Å². The number of hydrogen-bond donors (Lipinski definition) is 2. The zero-order chi connectivity index (χ0) is 14.6. The zero-order valence-electron chi connectivity index (χ0n) is 10.4. The molecule has 98 valence electrons. The van der Waals surface area contributed by atoms with Crippen LogP contribution in [-0.4, -0.2) is 29.9 Å². The van der Waals surface area contributed by atoms with Crippen LogP contribution in [0, 0.1) is 0 Å². The Morgan fingerprint density at radius 1 is 1.56 bits per heavy atom. The molecule has 18 heavy (non-hydrogen) atoms. The number of hydrogen-bond acceptors (Lipinski definition) is 5. The summed E-state index contributed by atoms with van der Waals surface area (Å²) in [6.45, 7) is 1.14. The predicted octanol–water partition coefficient (Wildman–Crippen LogP) is 0.690. The third-order valence-corrected chi connectivity index (χ3v) is 1.87. The monoisotopic (exact) mass is 261 g/mol. The van der Waals surface area contributed by atoms with Gasteiger partial charge in [0.25, 0.3) is 0 Å². The van der Waals surface area contributed by atoms with E-state index in [1.807, 2.05) is 0 Å². The Labute approximate surface area is 104 Å². The molecule has 0 unspecified atom stereocenters. The summed E-state index contributed by atoms with van der Waals surface area (Å²) < 4.78 is 43.5. The molecule has 0 atom stereocenters. The van der Waals surface area contributed by atoms with Crippen molar-refractivity contribution >= 4 is 13.3 Å². The maximum atomic E-state index is 13.7. The quantitative estimate of drug-likeness (QED) is 0.602. The van der Waals surface area contributed by atoms with E-state index in [0.29, 0.717) is 0 Å². The molecule has 0 aliphatic rings. The number of halogens is 2. The highest BCUT2D eigenvalue weighted by Crippen LogP contribution is 2.31. The van der Waals surface area contributed by atoms with E-state index in [4.69, 9.17) is 11.4 Å². The van der Waals surface area contributed by atoms with Crippen LogP contribution in [0.4, 0.5) is 8.78 Å². The van der Waals surface area contributed by atoms with Crippen molar-refractivity contribution in [2.24, 2.45) is 0 Å². The van der Waals surface area contributed by atoms with E-state index >= 15 is 0 Å². The third kappa shape index (κ3) is 3.41. The molecule has 0 aliphatic heterocycles. The number of benzene rings is 1. The number of ether oxygens (including phenoxy) is 1. The van der Waals surface area contributed by atoms with E-state index in [1.165, 1.54) is 6.92 Å². The average molecular weight is 261 g/mol. The van der Waals surface area contributed by atoms with Gasteiger partial charge in [-0.1, -0.05) is 12.1 Å². The number of alkyl halides is 2. The molecular weight excluding hydrogens is 249 g/mol. The number of esters is 1. The van der Waals surface area contributed by atoms with Crippen molar-refractivity contribution in [1.29, 1.82) is 0 Å². The predicted molar refractivity (Wildman–Crippen MR) is 57.8 cm³/mol. The SMILES string of the molecule is [2H]c1c(OB(O)O)cccc1C(F)(F)C(=O)OCC. The molecule has 0 bridgehead atoms. The first-order valence-corrected chi connectivity index (χ1v) is 4.98. The number of rotatable bonds is 5. The van der Waals surface area contributed by atoms with Crippen LogP contribution in [-0.2, 0) is 15.5 Å². The van der Waals surface area contributed by atoms with Gasteiger partial charge in [0.05, 0.1) is 7.98 Å². The van der Waals surface area contributed by atoms with Gasteiger partial charge in [-0.3, -0.25) is 0 Å². The number of carbonyl (C=O) groups is 1. The summed E-state index contributed by atoms with van der Waals surface area (Å²) in [5.41, 5.74) is -0.941. The van der Waals surface area contributed by atoms with Gasteiger partial charge in [0.2, 0.25) is 0 Å². The minimum absolute atomic E-state index is 0.229. The molecular formula is C10H11BF2O5. The Morgan fingerprint density at radius 3 is 2.78 bits per heavy atom. The first kappa shape index (κ1) is 12.8. The lowest BCUT2D eigenvalue weighted by molar-refractivity contribution is -0.173. The van der Waals surface area contributed by atoms with E-state index < -0.39 is 36.6 Å². The van der Waals surface area contributed by atoms with Crippen molar-refractivity contribution in [2.45, 2.75) is 12.8 Å². The van der Waals surface area contributed by atoms with Gasteiger partial charge in [0.15, 0.2) is 0 Å². The fourth-order valence-corrected chi connectivity index (χ4v) is 1.14. The molecule has 8 heteroatoms. The molecule has 1 rings (SSSR count). The zero-order valence-corrected chi connectivity index (χ0v) is 9.39. The summed E-state index contributed by atoms with van der Waals surface area (Å²) in [5.74, 6) is -6.30. The molecule has 0 heterocycles. The van der Waals surface area contributed by atoms with E-state index in [1.54, 1.807) is 0 Å². The van der Waals surface area contributed by atoms with Crippen molar-refractivity contribution in [1.82, 2.24) is 0 Å². The Bertz CT molecular complexity index is 469.